The van der Waals surface area contributed by atoms with Crippen molar-refractivity contribution in [3.8, 4) is 0 Å². The number of rotatable bonds is 5. The van der Waals surface area contributed by atoms with E-state index in [1.807, 2.05) is 6.92 Å². The number of benzene rings is 1. The Labute approximate surface area is 143 Å². The number of anilines is 1. The van der Waals surface area contributed by atoms with Gasteiger partial charge in [-0.2, -0.15) is 13.2 Å². The Morgan fingerprint density at radius 2 is 1.79 bits per heavy atom. The molecule has 4 nitrogen and oxygen atoms in total. The molecule has 1 rings (SSSR count). The Morgan fingerprint density at radius 3 is 2.29 bits per heavy atom. The van der Waals surface area contributed by atoms with Crippen LogP contribution in [0.15, 0.2) is 18.2 Å². The molecule has 0 aliphatic carbocycles. The maximum Gasteiger partial charge on any atom is 0.416 e. The van der Waals surface area contributed by atoms with E-state index in [1.165, 1.54) is 13.8 Å². The Morgan fingerprint density at radius 1 is 1.21 bits per heavy atom. The summed E-state index contributed by atoms with van der Waals surface area (Å²) >= 11 is 5.84. The van der Waals surface area contributed by atoms with E-state index in [9.17, 15) is 22.8 Å². The third kappa shape index (κ3) is 4.87. The van der Waals surface area contributed by atoms with Gasteiger partial charge in [0.1, 0.15) is 5.41 Å². The fourth-order valence-electron chi connectivity index (χ4n) is 1.69. The van der Waals surface area contributed by atoms with Crippen LogP contribution in [-0.2, 0) is 15.8 Å². The summed E-state index contributed by atoms with van der Waals surface area (Å²) in [6.45, 7) is 6.44. The number of carbonyl (C=O) groups is 2. The normalized spacial score (nSPS) is 13.3. The Bertz CT molecular complexity index is 630. The molecule has 0 spiro atoms. The maximum atomic E-state index is 12.8. The molecule has 0 fully saturated rings. The molecule has 8 heteroatoms. The van der Waals surface area contributed by atoms with Crippen molar-refractivity contribution in [2.75, 3.05) is 5.32 Å². The zero-order valence-corrected chi connectivity index (χ0v) is 14.6. The van der Waals surface area contributed by atoms with E-state index in [1.54, 1.807) is 6.92 Å². The summed E-state index contributed by atoms with van der Waals surface area (Å²) in [7, 11) is 0. The fourth-order valence-corrected chi connectivity index (χ4v) is 1.85. The summed E-state index contributed by atoms with van der Waals surface area (Å²) in [6.07, 6.45) is -3.88. The highest BCUT2D eigenvalue weighted by Crippen LogP contribution is 2.34. The van der Waals surface area contributed by atoms with Crippen LogP contribution in [0, 0.1) is 5.41 Å². The number of hydrogen-bond acceptors (Lipinski definition) is 2. The molecule has 0 heterocycles. The van der Waals surface area contributed by atoms with E-state index in [2.05, 4.69) is 10.6 Å². The van der Waals surface area contributed by atoms with Gasteiger partial charge in [-0.25, -0.2) is 0 Å². The van der Waals surface area contributed by atoms with Gasteiger partial charge in [0, 0.05) is 6.04 Å². The van der Waals surface area contributed by atoms with E-state index < -0.39 is 29.0 Å². The van der Waals surface area contributed by atoms with Crippen molar-refractivity contribution < 1.29 is 22.8 Å². The quantitative estimate of drug-likeness (QED) is 0.768. The van der Waals surface area contributed by atoms with Gasteiger partial charge in [0.2, 0.25) is 11.8 Å². The summed E-state index contributed by atoms with van der Waals surface area (Å²) in [5.41, 5.74) is -2.61. The van der Waals surface area contributed by atoms with Gasteiger partial charge in [0.25, 0.3) is 0 Å². The number of nitrogens with one attached hydrogen (secondary N) is 2. The van der Waals surface area contributed by atoms with E-state index in [0.29, 0.717) is 6.42 Å². The topological polar surface area (TPSA) is 58.2 Å². The monoisotopic (exact) mass is 364 g/mol. The summed E-state index contributed by atoms with van der Waals surface area (Å²) in [6, 6.07) is 2.48. The van der Waals surface area contributed by atoms with Gasteiger partial charge in [0.15, 0.2) is 0 Å². The smallest absolute Gasteiger partial charge is 0.353 e. The lowest BCUT2D eigenvalue weighted by molar-refractivity contribution is -0.139. The standard InChI is InChI=1S/C16H20ClF3N2O2/c1-5-9(2)21-13(23)15(3,4)14(24)22-12-8-10(16(18,19)20)6-7-11(12)17/h6-9H,5H2,1-4H3,(H,21,23)(H,22,24). The third-order valence-electron chi connectivity index (χ3n) is 3.67. The van der Waals surface area contributed by atoms with Crippen molar-refractivity contribution in [1.82, 2.24) is 5.32 Å². The van der Waals surface area contributed by atoms with Crippen LogP contribution in [-0.4, -0.2) is 17.9 Å². The molecule has 2 N–H and O–H groups in total. The molecule has 1 atom stereocenters. The van der Waals surface area contributed by atoms with Crippen LogP contribution in [0.4, 0.5) is 18.9 Å². The summed E-state index contributed by atoms with van der Waals surface area (Å²) < 4.78 is 38.3. The molecular weight excluding hydrogens is 345 g/mol. The molecule has 0 saturated heterocycles. The average molecular weight is 365 g/mol. The molecule has 134 valence electrons. The second-order valence-corrected chi connectivity index (χ2v) is 6.46. The lowest BCUT2D eigenvalue weighted by Crippen LogP contribution is -2.47. The molecule has 24 heavy (non-hydrogen) atoms. The summed E-state index contributed by atoms with van der Waals surface area (Å²) in [4.78, 5) is 24.5. The van der Waals surface area contributed by atoms with Gasteiger partial charge in [-0.1, -0.05) is 18.5 Å². The molecule has 2 amide bonds. The van der Waals surface area contributed by atoms with Gasteiger partial charge in [0.05, 0.1) is 16.3 Å². The van der Waals surface area contributed by atoms with Crippen molar-refractivity contribution in [1.29, 1.82) is 0 Å². The summed E-state index contributed by atoms with van der Waals surface area (Å²) in [5, 5.41) is 4.93. The van der Waals surface area contributed by atoms with Crippen molar-refractivity contribution in [3.63, 3.8) is 0 Å². The zero-order chi connectivity index (χ0) is 18.7. The van der Waals surface area contributed by atoms with Crippen LogP contribution in [0.3, 0.4) is 0 Å². The molecule has 0 saturated carbocycles. The Kier molecular flexibility index (Phi) is 6.27. The first-order valence-corrected chi connectivity index (χ1v) is 7.76. The van der Waals surface area contributed by atoms with Crippen LogP contribution >= 0.6 is 11.6 Å². The fraction of sp³-hybridized carbons (Fsp3) is 0.500. The van der Waals surface area contributed by atoms with Crippen LogP contribution in [0.5, 0.6) is 0 Å². The predicted octanol–water partition coefficient (Wildman–Crippen LogP) is 4.24. The second kappa shape index (κ2) is 7.42. The molecule has 1 aromatic carbocycles. The Hall–Kier alpha value is -1.76. The first kappa shape index (κ1) is 20.3. The van der Waals surface area contributed by atoms with Crippen molar-refractivity contribution in [2.45, 2.75) is 46.3 Å². The predicted molar refractivity (Wildman–Crippen MR) is 86.8 cm³/mol. The molecule has 0 aliphatic heterocycles. The molecule has 1 unspecified atom stereocenters. The van der Waals surface area contributed by atoms with Gasteiger partial charge >= 0.3 is 6.18 Å². The minimum Gasteiger partial charge on any atom is -0.353 e. The van der Waals surface area contributed by atoms with Crippen molar-refractivity contribution in [2.24, 2.45) is 5.41 Å². The lowest BCUT2D eigenvalue weighted by Gasteiger charge is -2.25. The highest BCUT2D eigenvalue weighted by atomic mass is 35.5. The van der Waals surface area contributed by atoms with Crippen LogP contribution < -0.4 is 10.6 Å². The molecule has 0 aromatic heterocycles. The van der Waals surface area contributed by atoms with E-state index in [-0.39, 0.29) is 16.8 Å². The minimum atomic E-state index is -4.56. The first-order chi connectivity index (χ1) is 10.9. The molecular formula is C16H20ClF3N2O2. The van der Waals surface area contributed by atoms with Gasteiger partial charge in [-0.3, -0.25) is 9.59 Å². The molecule has 1 aromatic rings. The van der Waals surface area contributed by atoms with Crippen LogP contribution in [0.25, 0.3) is 0 Å². The van der Waals surface area contributed by atoms with Crippen molar-refractivity contribution in [3.05, 3.63) is 28.8 Å². The van der Waals surface area contributed by atoms with Crippen LogP contribution in [0.1, 0.15) is 39.7 Å². The van der Waals surface area contributed by atoms with E-state index in [4.69, 9.17) is 11.6 Å². The maximum absolute atomic E-state index is 12.8. The third-order valence-corrected chi connectivity index (χ3v) is 4.00. The highest BCUT2D eigenvalue weighted by molar-refractivity contribution is 6.34. The largest absolute Gasteiger partial charge is 0.416 e. The number of halogens is 4. The second-order valence-electron chi connectivity index (χ2n) is 6.05. The SMILES string of the molecule is CCC(C)NC(=O)C(C)(C)C(=O)Nc1cc(C(F)(F)F)ccc1Cl. The minimum absolute atomic E-state index is 0.0468. The van der Waals surface area contributed by atoms with Crippen molar-refractivity contribution >= 4 is 29.1 Å². The average Bonchev–Trinajstić information content (AvgIpc) is 2.47. The number of amides is 2. The molecule has 0 aliphatic rings. The van der Waals surface area contributed by atoms with Gasteiger partial charge < -0.3 is 10.6 Å². The lowest BCUT2D eigenvalue weighted by atomic mass is 9.90. The Balaban J connectivity index is 3.00. The zero-order valence-electron chi connectivity index (χ0n) is 13.8. The molecule has 0 radical (unpaired) electrons. The first-order valence-electron chi connectivity index (χ1n) is 7.38. The number of hydrogen-bond donors (Lipinski definition) is 2. The highest BCUT2D eigenvalue weighted by Gasteiger charge is 2.37. The van der Waals surface area contributed by atoms with Gasteiger partial charge in [-0.05, 0) is 45.4 Å². The number of alkyl halides is 3. The summed E-state index contributed by atoms with van der Waals surface area (Å²) in [5.74, 6) is -1.26. The van der Waals surface area contributed by atoms with Crippen LogP contribution in [0.2, 0.25) is 5.02 Å². The molecule has 0 bridgehead atoms. The number of carbonyl (C=O) groups excluding carboxylic acids is 2. The van der Waals surface area contributed by atoms with E-state index in [0.717, 1.165) is 18.2 Å². The van der Waals surface area contributed by atoms with Gasteiger partial charge in [-0.15, -0.1) is 0 Å². The van der Waals surface area contributed by atoms with E-state index >= 15 is 0 Å².